The average Bonchev–Trinajstić information content (AvgIpc) is 2.79. The molecule has 6 nitrogen and oxygen atoms in total. The molecule has 1 aromatic carbocycles. The minimum Gasteiger partial charge on any atom is -0.493 e. The molecular formula is C15H18N2O4. The topological polar surface area (TPSA) is 73.6 Å². The number of ether oxygens (including phenoxy) is 2. The summed E-state index contributed by atoms with van der Waals surface area (Å²) in [7, 11) is 5.00. The maximum atomic E-state index is 10.8. The van der Waals surface area contributed by atoms with E-state index in [1.807, 2.05) is 29.8 Å². The summed E-state index contributed by atoms with van der Waals surface area (Å²) in [4.78, 5) is 15.1. The molecule has 0 fully saturated rings. The van der Waals surface area contributed by atoms with Gasteiger partial charge in [0.05, 0.1) is 20.6 Å². The second kappa shape index (κ2) is 6.30. The predicted molar refractivity (Wildman–Crippen MR) is 76.9 cm³/mol. The third kappa shape index (κ3) is 3.34. The third-order valence-corrected chi connectivity index (χ3v) is 3.32. The lowest BCUT2D eigenvalue weighted by Gasteiger charge is -2.10. The van der Waals surface area contributed by atoms with Crippen molar-refractivity contribution in [3.63, 3.8) is 0 Å². The zero-order valence-electron chi connectivity index (χ0n) is 12.3. The molecule has 6 heteroatoms. The first kappa shape index (κ1) is 14.9. The van der Waals surface area contributed by atoms with E-state index in [0.717, 1.165) is 11.4 Å². The van der Waals surface area contributed by atoms with Crippen LogP contribution in [-0.4, -0.2) is 34.8 Å². The van der Waals surface area contributed by atoms with E-state index in [4.69, 9.17) is 14.6 Å². The molecule has 2 aromatic rings. The molecule has 0 bridgehead atoms. The summed E-state index contributed by atoms with van der Waals surface area (Å²) in [6.07, 6.45) is 2.16. The van der Waals surface area contributed by atoms with Crippen molar-refractivity contribution >= 4 is 5.97 Å². The minimum atomic E-state index is -0.865. The van der Waals surface area contributed by atoms with Crippen LogP contribution in [0.2, 0.25) is 0 Å². The number of carboxylic acids is 1. The molecule has 0 aliphatic heterocycles. The van der Waals surface area contributed by atoms with Gasteiger partial charge in [0.1, 0.15) is 5.82 Å². The lowest BCUT2D eigenvalue weighted by Crippen LogP contribution is -2.07. The minimum absolute atomic E-state index is 0.0323. The van der Waals surface area contributed by atoms with Crippen molar-refractivity contribution in [2.24, 2.45) is 7.05 Å². The molecule has 0 amide bonds. The van der Waals surface area contributed by atoms with Crippen LogP contribution in [0.15, 0.2) is 24.4 Å². The van der Waals surface area contributed by atoms with Gasteiger partial charge in [-0.25, -0.2) is 4.98 Å². The van der Waals surface area contributed by atoms with E-state index in [2.05, 4.69) is 4.98 Å². The van der Waals surface area contributed by atoms with Gasteiger partial charge in [-0.15, -0.1) is 0 Å². The van der Waals surface area contributed by atoms with Crippen molar-refractivity contribution in [3.8, 4) is 11.5 Å². The number of hydrogen-bond donors (Lipinski definition) is 1. The van der Waals surface area contributed by atoms with Crippen LogP contribution in [0.25, 0.3) is 0 Å². The molecule has 0 aliphatic rings. The maximum Gasteiger partial charge on any atom is 0.309 e. The van der Waals surface area contributed by atoms with Crippen LogP contribution in [0.1, 0.15) is 17.1 Å². The van der Waals surface area contributed by atoms with Gasteiger partial charge in [-0.2, -0.15) is 0 Å². The van der Waals surface area contributed by atoms with Crippen LogP contribution < -0.4 is 9.47 Å². The molecule has 0 unspecified atom stereocenters. The first-order valence-corrected chi connectivity index (χ1v) is 6.47. The highest BCUT2D eigenvalue weighted by molar-refractivity contribution is 5.69. The van der Waals surface area contributed by atoms with Crippen LogP contribution in [0.4, 0.5) is 0 Å². The first-order valence-electron chi connectivity index (χ1n) is 6.47. The van der Waals surface area contributed by atoms with Gasteiger partial charge in [-0.3, -0.25) is 4.79 Å². The summed E-state index contributed by atoms with van der Waals surface area (Å²) in [6.45, 7) is 0. The molecule has 0 saturated heterocycles. The summed E-state index contributed by atoms with van der Waals surface area (Å²) in [5.41, 5.74) is 1.70. The monoisotopic (exact) mass is 290 g/mol. The molecule has 0 saturated carbocycles. The molecule has 1 aromatic heterocycles. The maximum absolute atomic E-state index is 10.8. The second-order valence-corrected chi connectivity index (χ2v) is 4.66. The number of benzene rings is 1. The van der Waals surface area contributed by atoms with Gasteiger partial charge in [0, 0.05) is 25.4 Å². The van der Waals surface area contributed by atoms with Crippen molar-refractivity contribution < 1.29 is 19.4 Å². The number of aliphatic carboxylic acids is 1. The lowest BCUT2D eigenvalue weighted by atomic mass is 10.1. The predicted octanol–water partition coefficient (Wildman–Crippen LogP) is 1.66. The van der Waals surface area contributed by atoms with E-state index in [9.17, 15) is 4.79 Å². The Morgan fingerprint density at radius 3 is 2.62 bits per heavy atom. The van der Waals surface area contributed by atoms with Gasteiger partial charge >= 0.3 is 5.97 Å². The number of nitrogens with zero attached hydrogens (tertiary/aromatic N) is 2. The van der Waals surface area contributed by atoms with Crippen molar-refractivity contribution in [2.75, 3.05) is 14.2 Å². The number of carboxylic acid groups (broad SMARTS) is 1. The van der Waals surface area contributed by atoms with Crippen molar-refractivity contribution in [1.29, 1.82) is 0 Å². The van der Waals surface area contributed by atoms with Gasteiger partial charge in [-0.05, 0) is 17.7 Å². The van der Waals surface area contributed by atoms with Crippen LogP contribution >= 0.6 is 0 Å². The number of carbonyl (C=O) groups is 1. The zero-order valence-corrected chi connectivity index (χ0v) is 12.3. The molecule has 0 radical (unpaired) electrons. The Hall–Kier alpha value is -2.50. The van der Waals surface area contributed by atoms with Crippen molar-refractivity contribution in [3.05, 3.63) is 41.5 Å². The van der Waals surface area contributed by atoms with Crippen LogP contribution in [0, 0.1) is 0 Å². The fourth-order valence-corrected chi connectivity index (χ4v) is 2.14. The van der Waals surface area contributed by atoms with Crippen LogP contribution in [-0.2, 0) is 24.7 Å². The fraction of sp³-hybridized carbons (Fsp3) is 0.333. The van der Waals surface area contributed by atoms with Gasteiger partial charge < -0.3 is 19.1 Å². The fourth-order valence-electron chi connectivity index (χ4n) is 2.14. The zero-order chi connectivity index (χ0) is 15.4. The molecule has 112 valence electrons. The smallest absolute Gasteiger partial charge is 0.309 e. The van der Waals surface area contributed by atoms with Gasteiger partial charge in [0.15, 0.2) is 11.5 Å². The van der Waals surface area contributed by atoms with E-state index in [1.54, 1.807) is 20.4 Å². The lowest BCUT2D eigenvalue weighted by molar-refractivity contribution is -0.136. The summed E-state index contributed by atoms with van der Waals surface area (Å²) >= 11 is 0. The Morgan fingerprint density at radius 2 is 2.00 bits per heavy atom. The highest BCUT2D eigenvalue weighted by Gasteiger charge is 2.11. The van der Waals surface area contributed by atoms with E-state index >= 15 is 0 Å². The molecule has 21 heavy (non-hydrogen) atoms. The van der Waals surface area contributed by atoms with E-state index < -0.39 is 5.97 Å². The van der Waals surface area contributed by atoms with Gasteiger partial charge in [0.25, 0.3) is 0 Å². The summed E-state index contributed by atoms with van der Waals surface area (Å²) in [6, 6.07) is 5.67. The van der Waals surface area contributed by atoms with Crippen molar-refractivity contribution in [1.82, 2.24) is 9.55 Å². The molecular weight excluding hydrogens is 272 g/mol. The largest absolute Gasteiger partial charge is 0.493 e. The Kier molecular flexibility index (Phi) is 4.47. The molecule has 0 aliphatic carbocycles. The second-order valence-electron chi connectivity index (χ2n) is 4.66. The highest BCUT2D eigenvalue weighted by Crippen LogP contribution is 2.28. The summed E-state index contributed by atoms with van der Waals surface area (Å²) in [5.74, 6) is 1.27. The highest BCUT2D eigenvalue weighted by atomic mass is 16.5. The quantitative estimate of drug-likeness (QED) is 0.875. The Balaban J connectivity index is 2.22. The Bertz CT molecular complexity index is 649. The normalized spacial score (nSPS) is 10.4. The van der Waals surface area contributed by atoms with Crippen LogP contribution in [0.3, 0.4) is 0 Å². The molecule has 1 heterocycles. The van der Waals surface area contributed by atoms with Gasteiger partial charge in [0.2, 0.25) is 0 Å². The average molecular weight is 290 g/mol. The molecule has 2 rings (SSSR count). The number of rotatable bonds is 6. The third-order valence-electron chi connectivity index (χ3n) is 3.32. The van der Waals surface area contributed by atoms with Crippen LogP contribution in [0.5, 0.6) is 11.5 Å². The summed E-state index contributed by atoms with van der Waals surface area (Å²) < 4.78 is 12.3. The van der Waals surface area contributed by atoms with Crippen molar-refractivity contribution in [2.45, 2.75) is 12.8 Å². The Labute approximate surface area is 122 Å². The SMILES string of the molecule is COc1ccc(Cc2ncc(CC(=O)O)n2C)cc1OC. The van der Waals surface area contributed by atoms with Gasteiger partial charge in [-0.1, -0.05) is 6.07 Å². The molecule has 0 atom stereocenters. The number of methoxy groups -OCH3 is 2. The molecule has 1 N–H and O–H groups in total. The Morgan fingerprint density at radius 1 is 1.29 bits per heavy atom. The summed E-state index contributed by atoms with van der Waals surface area (Å²) in [5, 5.41) is 8.84. The number of aromatic nitrogens is 2. The van der Waals surface area contributed by atoms with E-state index in [1.165, 1.54) is 0 Å². The van der Waals surface area contributed by atoms with E-state index in [-0.39, 0.29) is 6.42 Å². The number of hydrogen-bond acceptors (Lipinski definition) is 4. The molecule has 0 spiro atoms. The first-order chi connectivity index (χ1) is 10.0. The van der Waals surface area contributed by atoms with E-state index in [0.29, 0.717) is 23.6 Å². The number of imidazole rings is 1. The standard InChI is InChI=1S/C15H18N2O4/c1-17-11(8-15(18)19)9-16-14(17)7-10-4-5-12(20-2)13(6-10)21-3/h4-6,9H,7-8H2,1-3H3,(H,18,19).